The van der Waals surface area contributed by atoms with Gasteiger partial charge in [0.05, 0.1) is 36.8 Å². The lowest BCUT2D eigenvalue weighted by molar-refractivity contribution is 0.0825. The molecule has 0 aliphatic rings. The molecule has 1 N–H and O–H groups in total. The molecule has 0 aliphatic heterocycles. The fraction of sp³-hybridized carbons (Fsp3) is 0.423. The maximum absolute atomic E-state index is 10.3. The zero-order valence-corrected chi connectivity index (χ0v) is 20.0. The van der Waals surface area contributed by atoms with E-state index in [1.165, 1.54) is 0 Å². The van der Waals surface area contributed by atoms with Gasteiger partial charge >= 0.3 is 0 Å². The molecule has 3 rings (SSSR count). The average Bonchev–Trinajstić information content (AvgIpc) is 3.20. The number of hydrogen-bond acceptors (Lipinski definition) is 6. The van der Waals surface area contributed by atoms with Gasteiger partial charge in [0.25, 0.3) is 0 Å². The summed E-state index contributed by atoms with van der Waals surface area (Å²) in [6, 6.07) is 17.5. The predicted molar refractivity (Wildman–Crippen MR) is 129 cm³/mol. The molecular weight excluding hydrogens is 418 g/mol. The molecule has 0 fully saturated rings. The van der Waals surface area contributed by atoms with E-state index >= 15 is 0 Å². The molecule has 0 amide bonds. The summed E-state index contributed by atoms with van der Waals surface area (Å²) in [6.07, 6.45) is 1.06. The Labute approximate surface area is 196 Å². The minimum Gasteiger partial charge on any atom is -0.497 e. The van der Waals surface area contributed by atoms with E-state index < -0.39 is 6.10 Å². The van der Waals surface area contributed by atoms with Crippen molar-refractivity contribution >= 4 is 0 Å². The molecule has 0 saturated heterocycles. The Morgan fingerprint density at radius 1 is 1.00 bits per heavy atom. The predicted octanol–water partition coefficient (Wildman–Crippen LogP) is 4.45. The third kappa shape index (κ3) is 6.57. The van der Waals surface area contributed by atoms with Crippen molar-refractivity contribution in [2.45, 2.75) is 39.3 Å². The minimum absolute atomic E-state index is 0.401. The van der Waals surface area contributed by atoms with E-state index in [2.05, 4.69) is 11.8 Å². The van der Waals surface area contributed by atoms with Gasteiger partial charge in [0.1, 0.15) is 11.5 Å². The first-order valence-corrected chi connectivity index (χ1v) is 11.5. The number of rotatable bonds is 13. The Morgan fingerprint density at radius 3 is 2.30 bits per heavy atom. The number of aliphatic hydroxyl groups excluding tert-OH is 1. The summed E-state index contributed by atoms with van der Waals surface area (Å²) in [5, 5.41) is 15.2. The Hall–Kier alpha value is -2.87. The van der Waals surface area contributed by atoms with Crippen LogP contribution in [-0.4, -0.2) is 59.8 Å². The van der Waals surface area contributed by atoms with Gasteiger partial charge in [-0.15, -0.1) is 0 Å². The van der Waals surface area contributed by atoms with Crippen LogP contribution in [0.25, 0.3) is 5.69 Å². The maximum atomic E-state index is 10.3. The van der Waals surface area contributed by atoms with Crippen LogP contribution in [-0.2, 0) is 17.7 Å². The first-order valence-electron chi connectivity index (χ1n) is 11.5. The van der Waals surface area contributed by atoms with Crippen molar-refractivity contribution in [2.24, 2.45) is 0 Å². The molecule has 0 bridgehead atoms. The highest BCUT2D eigenvalue weighted by atomic mass is 16.5. The van der Waals surface area contributed by atoms with E-state index in [0.717, 1.165) is 29.1 Å². The quantitative estimate of drug-likeness (QED) is 0.412. The van der Waals surface area contributed by atoms with E-state index in [4.69, 9.17) is 19.3 Å². The van der Waals surface area contributed by atoms with E-state index in [1.54, 1.807) is 14.2 Å². The second kappa shape index (κ2) is 12.4. The molecule has 0 saturated carbocycles. The SMILES string of the molecule is CCc1nn(-c2ccccc2)c(Oc2ccc(OC)cc2)c1CN(CCOC)C[C@H](O)CC. The second-order valence-corrected chi connectivity index (χ2v) is 7.90. The standard InChI is InChI=1S/C26H35N3O4/c1-5-21(30)18-28(16-17-31-3)19-24-25(6-2)27-29(20-10-8-7-9-11-20)26(24)33-23-14-12-22(32-4)13-15-23/h7-15,21,30H,5-6,16-19H2,1-4H3/t21-/m1/s1. The molecule has 0 unspecified atom stereocenters. The number of aliphatic hydroxyl groups is 1. The lowest BCUT2D eigenvalue weighted by atomic mass is 10.1. The van der Waals surface area contributed by atoms with E-state index in [-0.39, 0.29) is 0 Å². The van der Waals surface area contributed by atoms with Gasteiger partial charge in [-0.25, -0.2) is 4.68 Å². The third-order valence-electron chi connectivity index (χ3n) is 5.56. The van der Waals surface area contributed by atoms with Gasteiger partial charge in [-0.2, -0.15) is 5.10 Å². The lowest BCUT2D eigenvalue weighted by Gasteiger charge is -2.25. The van der Waals surface area contributed by atoms with Crippen molar-refractivity contribution in [1.82, 2.24) is 14.7 Å². The number of benzene rings is 2. The van der Waals surface area contributed by atoms with Crippen LogP contribution < -0.4 is 9.47 Å². The van der Waals surface area contributed by atoms with Gasteiger partial charge in [0.2, 0.25) is 5.88 Å². The van der Waals surface area contributed by atoms with E-state index in [9.17, 15) is 5.11 Å². The average molecular weight is 454 g/mol. The van der Waals surface area contributed by atoms with Gasteiger partial charge < -0.3 is 19.3 Å². The number of ether oxygens (including phenoxy) is 3. The third-order valence-corrected chi connectivity index (χ3v) is 5.56. The van der Waals surface area contributed by atoms with Crippen LogP contribution in [0.5, 0.6) is 17.4 Å². The normalized spacial score (nSPS) is 12.2. The Bertz CT molecular complexity index is 973. The fourth-order valence-electron chi connectivity index (χ4n) is 3.63. The molecule has 0 radical (unpaired) electrons. The molecule has 33 heavy (non-hydrogen) atoms. The molecule has 1 heterocycles. The maximum Gasteiger partial charge on any atom is 0.227 e. The van der Waals surface area contributed by atoms with Crippen LogP contribution in [0, 0.1) is 0 Å². The van der Waals surface area contributed by atoms with Crippen molar-refractivity contribution in [3.8, 4) is 23.1 Å². The number of methoxy groups -OCH3 is 2. The molecule has 3 aromatic rings. The summed E-state index contributed by atoms with van der Waals surface area (Å²) >= 11 is 0. The van der Waals surface area contributed by atoms with Crippen LogP contribution >= 0.6 is 0 Å². The molecule has 1 aromatic heterocycles. The lowest BCUT2D eigenvalue weighted by Crippen LogP contribution is -2.34. The summed E-state index contributed by atoms with van der Waals surface area (Å²) in [7, 11) is 3.34. The monoisotopic (exact) mass is 453 g/mol. The molecule has 178 valence electrons. The number of aromatic nitrogens is 2. The van der Waals surface area contributed by atoms with Crippen molar-refractivity contribution in [1.29, 1.82) is 0 Å². The van der Waals surface area contributed by atoms with Crippen molar-refractivity contribution in [3.05, 3.63) is 65.9 Å². The molecule has 7 nitrogen and oxygen atoms in total. The Morgan fingerprint density at radius 2 is 1.70 bits per heavy atom. The molecule has 7 heteroatoms. The van der Waals surface area contributed by atoms with Crippen LogP contribution in [0.3, 0.4) is 0 Å². The molecule has 0 spiro atoms. The fourth-order valence-corrected chi connectivity index (χ4v) is 3.63. The van der Waals surface area contributed by atoms with Crippen molar-refractivity contribution in [2.75, 3.05) is 33.9 Å². The second-order valence-electron chi connectivity index (χ2n) is 7.90. The van der Waals surface area contributed by atoms with Gasteiger partial charge in [-0.3, -0.25) is 4.90 Å². The number of nitrogens with zero attached hydrogens (tertiary/aromatic N) is 3. The molecule has 2 aromatic carbocycles. The largest absolute Gasteiger partial charge is 0.497 e. The summed E-state index contributed by atoms with van der Waals surface area (Å²) < 4.78 is 18.9. The van der Waals surface area contributed by atoms with Crippen LogP contribution in [0.1, 0.15) is 31.5 Å². The van der Waals surface area contributed by atoms with Crippen LogP contribution in [0.15, 0.2) is 54.6 Å². The molecule has 0 aliphatic carbocycles. The van der Waals surface area contributed by atoms with Gasteiger partial charge in [-0.05, 0) is 49.2 Å². The van der Waals surface area contributed by atoms with Gasteiger partial charge in [-0.1, -0.05) is 32.0 Å². The minimum atomic E-state index is -0.401. The summed E-state index contributed by atoms with van der Waals surface area (Å²) in [4.78, 5) is 2.20. The van der Waals surface area contributed by atoms with Crippen molar-refractivity contribution in [3.63, 3.8) is 0 Å². The highest BCUT2D eigenvalue weighted by molar-refractivity contribution is 5.44. The van der Waals surface area contributed by atoms with Crippen LogP contribution in [0.4, 0.5) is 0 Å². The Kier molecular flexibility index (Phi) is 9.30. The highest BCUT2D eigenvalue weighted by Gasteiger charge is 2.23. The topological polar surface area (TPSA) is 69.0 Å². The van der Waals surface area contributed by atoms with E-state index in [0.29, 0.717) is 44.3 Å². The summed E-state index contributed by atoms with van der Waals surface area (Å²) in [5.41, 5.74) is 2.91. The van der Waals surface area contributed by atoms with Crippen molar-refractivity contribution < 1.29 is 19.3 Å². The molecule has 1 atom stereocenters. The first kappa shape index (κ1) is 24.8. The number of para-hydroxylation sites is 1. The number of hydrogen-bond donors (Lipinski definition) is 1. The Balaban J connectivity index is 2.03. The van der Waals surface area contributed by atoms with Gasteiger partial charge in [0, 0.05) is 26.7 Å². The van der Waals surface area contributed by atoms with Crippen LogP contribution in [0.2, 0.25) is 0 Å². The van der Waals surface area contributed by atoms with Gasteiger partial charge in [0.15, 0.2) is 0 Å². The molecular formula is C26H35N3O4. The summed E-state index contributed by atoms with van der Waals surface area (Å²) in [6.45, 7) is 6.53. The zero-order chi connectivity index (χ0) is 23.6. The smallest absolute Gasteiger partial charge is 0.227 e. The first-order chi connectivity index (χ1) is 16.1. The van der Waals surface area contributed by atoms with E-state index in [1.807, 2.05) is 66.2 Å². The number of aryl methyl sites for hydroxylation is 1. The highest BCUT2D eigenvalue weighted by Crippen LogP contribution is 2.33. The summed E-state index contributed by atoms with van der Waals surface area (Å²) in [5.74, 6) is 2.15. The zero-order valence-electron chi connectivity index (χ0n) is 20.0.